The second-order valence-electron chi connectivity index (χ2n) is 14.0. The second-order valence-corrected chi connectivity index (χ2v) is 14.0. The summed E-state index contributed by atoms with van der Waals surface area (Å²) in [6, 6.07) is 13.4. The fourth-order valence-electron chi connectivity index (χ4n) is 5.47. The molecule has 2 unspecified atom stereocenters. The highest BCUT2D eigenvalue weighted by molar-refractivity contribution is 5.98. The molecule has 3 amide bonds. The molecule has 12 heteroatoms. The van der Waals surface area contributed by atoms with E-state index >= 15 is 4.39 Å². The van der Waals surface area contributed by atoms with Crippen molar-refractivity contribution >= 4 is 23.5 Å². The van der Waals surface area contributed by atoms with Gasteiger partial charge in [0.25, 0.3) is 5.91 Å². The lowest BCUT2D eigenvalue weighted by Crippen LogP contribution is -2.58. The zero-order chi connectivity index (χ0) is 35.8. The number of hydrogen-bond donors (Lipinski definition) is 3. The van der Waals surface area contributed by atoms with Gasteiger partial charge in [-0.3, -0.25) is 14.4 Å². The van der Waals surface area contributed by atoms with E-state index in [-0.39, 0.29) is 36.4 Å². The number of hydrogen-bond acceptors (Lipinski definition) is 7. The number of likely N-dealkylation sites (tertiary alicyclic amines) is 1. The molecule has 1 saturated heterocycles. The molecule has 0 aliphatic carbocycles. The quantitative estimate of drug-likeness (QED) is 0.201. The first-order valence-electron chi connectivity index (χ1n) is 16.6. The van der Waals surface area contributed by atoms with Crippen LogP contribution in [-0.4, -0.2) is 69.1 Å². The fraction of sp³-hybridized carbons (Fsp3) is 0.459. The molecule has 1 aliphatic rings. The fourth-order valence-corrected chi connectivity index (χ4v) is 5.47. The van der Waals surface area contributed by atoms with E-state index in [9.17, 15) is 14.4 Å². The third-order valence-corrected chi connectivity index (χ3v) is 8.15. The van der Waals surface area contributed by atoms with E-state index in [1.165, 1.54) is 23.2 Å². The summed E-state index contributed by atoms with van der Waals surface area (Å²) < 4.78 is 28.2. The molecule has 1 aromatic heterocycles. The van der Waals surface area contributed by atoms with E-state index < -0.39 is 40.9 Å². The van der Waals surface area contributed by atoms with Crippen molar-refractivity contribution in [3.05, 3.63) is 96.5 Å². The van der Waals surface area contributed by atoms with Gasteiger partial charge in [-0.15, -0.1) is 0 Å². The standard InChI is InChI=1S/C37H49FN6O5/c1-25-17-19-43(20-18-25)34(46)32(28-15-11-12-16-29(28)38)44-21-31(39-24-44)41-33(45)30(23-48-22-27-13-9-8-10-14-27)40-35(47)37(6,7)42-26(2)49-36(3,4)5/h8-16,21,24-25,30,32,42H,2,17-20,22-23H2,1,3-7H3,(H,40,47)(H,41,45). The Bertz CT molecular complexity index is 1590. The van der Waals surface area contributed by atoms with Crippen LogP contribution >= 0.6 is 0 Å². The van der Waals surface area contributed by atoms with Crippen LogP contribution in [0.3, 0.4) is 0 Å². The Labute approximate surface area is 288 Å². The van der Waals surface area contributed by atoms with Gasteiger partial charge in [0.2, 0.25) is 11.8 Å². The number of piperidine rings is 1. The number of aromatic nitrogens is 2. The molecule has 0 bridgehead atoms. The van der Waals surface area contributed by atoms with Crippen LogP contribution in [0.1, 0.15) is 71.6 Å². The van der Waals surface area contributed by atoms with Crippen molar-refractivity contribution in [3.8, 4) is 0 Å². The number of anilines is 1. The topological polar surface area (TPSA) is 127 Å². The Balaban J connectivity index is 1.53. The van der Waals surface area contributed by atoms with Crippen LogP contribution in [0.15, 0.2) is 79.6 Å². The summed E-state index contributed by atoms with van der Waals surface area (Å²) in [4.78, 5) is 47.1. The van der Waals surface area contributed by atoms with E-state index in [1.807, 2.05) is 51.1 Å². The molecule has 1 fully saturated rings. The number of halogens is 1. The number of imidazole rings is 1. The molecule has 0 saturated carbocycles. The molecule has 3 N–H and O–H groups in total. The van der Waals surface area contributed by atoms with E-state index in [2.05, 4.69) is 34.4 Å². The van der Waals surface area contributed by atoms with Crippen molar-refractivity contribution < 1.29 is 28.2 Å². The van der Waals surface area contributed by atoms with Gasteiger partial charge in [0.15, 0.2) is 11.7 Å². The van der Waals surface area contributed by atoms with Crippen LogP contribution in [0.5, 0.6) is 0 Å². The predicted molar refractivity (Wildman–Crippen MR) is 186 cm³/mol. The number of carbonyl (C=O) groups is 3. The van der Waals surface area contributed by atoms with Gasteiger partial charge < -0.3 is 34.9 Å². The molecule has 2 heterocycles. The molecular formula is C37H49FN6O5. The summed E-state index contributed by atoms with van der Waals surface area (Å²) in [5.74, 6) is -1.02. The Morgan fingerprint density at radius 2 is 1.67 bits per heavy atom. The summed E-state index contributed by atoms with van der Waals surface area (Å²) in [6.07, 6.45) is 4.61. The third kappa shape index (κ3) is 10.6. The Morgan fingerprint density at radius 3 is 2.33 bits per heavy atom. The monoisotopic (exact) mass is 676 g/mol. The van der Waals surface area contributed by atoms with Gasteiger partial charge in [-0.25, -0.2) is 9.37 Å². The summed E-state index contributed by atoms with van der Waals surface area (Å²) in [7, 11) is 0. The zero-order valence-electron chi connectivity index (χ0n) is 29.3. The van der Waals surface area contributed by atoms with Crippen LogP contribution in [0.4, 0.5) is 10.2 Å². The van der Waals surface area contributed by atoms with Gasteiger partial charge in [-0.1, -0.05) is 55.5 Å². The number of nitrogens with one attached hydrogen (secondary N) is 3. The minimum absolute atomic E-state index is 0.123. The van der Waals surface area contributed by atoms with Crippen molar-refractivity contribution in [2.45, 2.75) is 84.2 Å². The number of ether oxygens (including phenoxy) is 2. The van der Waals surface area contributed by atoms with Crippen molar-refractivity contribution in [2.24, 2.45) is 5.92 Å². The van der Waals surface area contributed by atoms with Crippen LogP contribution in [0.2, 0.25) is 0 Å². The molecule has 0 radical (unpaired) electrons. The largest absolute Gasteiger partial charge is 0.474 e. The highest BCUT2D eigenvalue weighted by Gasteiger charge is 2.34. The first-order chi connectivity index (χ1) is 23.1. The maximum absolute atomic E-state index is 15.1. The molecular weight excluding hydrogens is 627 g/mol. The van der Waals surface area contributed by atoms with E-state index in [0.717, 1.165) is 18.4 Å². The van der Waals surface area contributed by atoms with Crippen LogP contribution < -0.4 is 16.0 Å². The molecule has 0 spiro atoms. The van der Waals surface area contributed by atoms with E-state index in [4.69, 9.17) is 9.47 Å². The number of amides is 3. The second kappa shape index (κ2) is 16.1. The normalized spacial score (nSPS) is 15.2. The molecule has 264 valence electrons. The van der Waals surface area contributed by atoms with Crippen LogP contribution in [0, 0.1) is 11.7 Å². The maximum Gasteiger partial charge on any atom is 0.250 e. The smallest absolute Gasteiger partial charge is 0.250 e. The molecule has 49 heavy (non-hydrogen) atoms. The molecule has 2 aromatic carbocycles. The molecule has 11 nitrogen and oxygen atoms in total. The first-order valence-corrected chi connectivity index (χ1v) is 16.6. The van der Waals surface area contributed by atoms with Gasteiger partial charge in [0, 0.05) is 24.8 Å². The van der Waals surface area contributed by atoms with Gasteiger partial charge in [-0.2, -0.15) is 0 Å². The first kappa shape index (κ1) is 37.1. The lowest BCUT2D eigenvalue weighted by atomic mass is 9.97. The van der Waals surface area contributed by atoms with Gasteiger partial charge in [0.1, 0.15) is 29.0 Å². The average Bonchev–Trinajstić information content (AvgIpc) is 3.48. The molecule has 2 atom stereocenters. The third-order valence-electron chi connectivity index (χ3n) is 8.15. The Hall–Kier alpha value is -4.71. The van der Waals surface area contributed by atoms with Crippen molar-refractivity contribution in [2.75, 3.05) is 25.0 Å². The number of carbonyl (C=O) groups excluding carboxylic acids is 3. The number of benzene rings is 2. The van der Waals surface area contributed by atoms with E-state index in [1.54, 1.807) is 36.9 Å². The minimum atomic E-state index is -1.21. The minimum Gasteiger partial charge on any atom is -0.474 e. The predicted octanol–water partition coefficient (Wildman–Crippen LogP) is 5.16. The van der Waals surface area contributed by atoms with E-state index in [0.29, 0.717) is 19.0 Å². The highest BCUT2D eigenvalue weighted by Crippen LogP contribution is 2.27. The van der Waals surface area contributed by atoms with Gasteiger partial charge >= 0.3 is 0 Å². The Morgan fingerprint density at radius 1 is 1.02 bits per heavy atom. The highest BCUT2D eigenvalue weighted by atomic mass is 19.1. The lowest BCUT2D eigenvalue weighted by Gasteiger charge is -2.33. The van der Waals surface area contributed by atoms with Crippen molar-refractivity contribution in [1.82, 2.24) is 25.1 Å². The number of rotatable bonds is 14. The number of nitrogens with zero attached hydrogens (tertiary/aromatic N) is 3. The molecule has 3 aromatic rings. The van der Waals surface area contributed by atoms with Crippen molar-refractivity contribution in [3.63, 3.8) is 0 Å². The van der Waals surface area contributed by atoms with Crippen LogP contribution in [0.25, 0.3) is 0 Å². The summed E-state index contributed by atoms with van der Waals surface area (Å²) >= 11 is 0. The zero-order valence-corrected chi connectivity index (χ0v) is 29.3. The summed E-state index contributed by atoms with van der Waals surface area (Å²) in [6.45, 7) is 16.1. The lowest BCUT2D eigenvalue weighted by molar-refractivity contribution is -0.135. The van der Waals surface area contributed by atoms with Gasteiger partial charge in [-0.05, 0) is 71.6 Å². The van der Waals surface area contributed by atoms with Crippen molar-refractivity contribution in [1.29, 1.82) is 0 Å². The average molecular weight is 677 g/mol. The summed E-state index contributed by atoms with van der Waals surface area (Å²) in [5.41, 5.74) is -0.638. The van der Waals surface area contributed by atoms with Gasteiger partial charge in [0.05, 0.1) is 19.5 Å². The SMILES string of the molecule is C=C(NC(C)(C)C(=O)NC(COCc1ccccc1)C(=O)Nc1cn(C(C(=O)N2CCC(C)CC2)c2ccccc2F)cn1)OC(C)(C)C. The molecule has 1 aliphatic heterocycles. The summed E-state index contributed by atoms with van der Waals surface area (Å²) in [5, 5.41) is 8.50. The Kier molecular flexibility index (Phi) is 12.2. The van der Waals surface area contributed by atoms with Crippen LogP contribution in [-0.2, 0) is 30.5 Å². The maximum atomic E-state index is 15.1. The molecule has 4 rings (SSSR count).